The molecule has 0 aromatic rings. The molecular formula is C19H30N2O4. The summed E-state index contributed by atoms with van der Waals surface area (Å²) in [7, 11) is 0. The van der Waals surface area contributed by atoms with Gasteiger partial charge in [-0.25, -0.2) is 4.79 Å². The number of nitrogens with one attached hydrogen (secondary N) is 1. The molecule has 2 heterocycles. The predicted molar refractivity (Wildman–Crippen MR) is 93.2 cm³/mol. The van der Waals surface area contributed by atoms with Crippen LogP contribution in [-0.2, 0) is 14.4 Å². The van der Waals surface area contributed by atoms with Gasteiger partial charge in [-0.05, 0) is 25.7 Å². The molecule has 6 nitrogen and oxygen atoms in total. The molecule has 2 unspecified atom stereocenters. The normalized spacial score (nSPS) is 30.3. The minimum absolute atomic E-state index is 0.133. The number of carboxylic acid groups (broad SMARTS) is 1. The third-order valence-electron chi connectivity index (χ3n) is 6.03. The van der Waals surface area contributed by atoms with Gasteiger partial charge in [0.1, 0.15) is 0 Å². The lowest BCUT2D eigenvalue weighted by Gasteiger charge is -2.35. The Morgan fingerprint density at radius 3 is 1.80 bits per heavy atom. The van der Waals surface area contributed by atoms with E-state index in [0.717, 1.165) is 12.1 Å². The zero-order chi connectivity index (χ0) is 17.8. The number of carbonyl (C=O) groups excluding carboxylic acids is 2. The summed E-state index contributed by atoms with van der Waals surface area (Å²) in [6.45, 7) is 0. The largest absolute Gasteiger partial charge is 0.479 e. The number of rotatable bonds is 3. The highest BCUT2D eigenvalue weighted by Gasteiger charge is 2.53. The molecule has 0 radical (unpaired) electrons. The van der Waals surface area contributed by atoms with Crippen LogP contribution in [0.15, 0.2) is 0 Å². The summed E-state index contributed by atoms with van der Waals surface area (Å²) in [5.74, 6) is -1.79. The van der Waals surface area contributed by atoms with Gasteiger partial charge in [-0.3, -0.25) is 9.59 Å². The number of β-lactam (4-membered cyclic amide) rings is 1. The molecule has 4 rings (SSSR count). The van der Waals surface area contributed by atoms with E-state index in [1.165, 1.54) is 69.1 Å². The molecule has 2 N–H and O–H groups in total. The first-order chi connectivity index (χ1) is 12.1. The van der Waals surface area contributed by atoms with Crippen LogP contribution in [0.25, 0.3) is 0 Å². The van der Waals surface area contributed by atoms with Gasteiger partial charge in [0.15, 0.2) is 11.8 Å². The lowest BCUT2D eigenvalue weighted by Crippen LogP contribution is -2.55. The lowest BCUT2D eigenvalue weighted by molar-refractivity contribution is -0.158. The predicted octanol–water partition coefficient (Wildman–Crippen LogP) is 2.25. The standard InChI is InChI=1S/C12H23N.C7H7NO4/c1-3-7-11(8-4-1)13-12-9-5-2-6-10-12;9-4-1-3-2-5(10)8(3)6(4)7(11)12/h11-13H,1-10H2;3,6H,1-2H2,(H,11,12). The summed E-state index contributed by atoms with van der Waals surface area (Å²) < 4.78 is 0. The molecule has 140 valence electrons. The number of hydrogen-bond donors (Lipinski definition) is 2. The molecule has 2 aliphatic carbocycles. The topological polar surface area (TPSA) is 86.7 Å². The Morgan fingerprint density at radius 1 is 0.880 bits per heavy atom. The van der Waals surface area contributed by atoms with Crippen molar-refractivity contribution in [2.75, 3.05) is 0 Å². The van der Waals surface area contributed by atoms with Crippen molar-refractivity contribution in [3.05, 3.63) is 0 Å². The quantitative estimate of drug-likeness (QED) is 0.602. The maximum absolute atomic E-state index is 11.0. The number of Topliss-reactive ketones (excluding diaryl/α,β-unsaturated/α-hetero) is 1. The Hall–Kier alpha value is -1.43. The van der Waals surface area contributed by atoms with Crippen molar-refractivity contribution in [1.29, 1.82) is 0 Å². The van der Waals surface area contributed by atoms with Crippen molar-refractivity contribution in [2.24, 2.45) is 0 Å². The van der Waals surface area contributed by atoms with Gasteiger partial charge in [0.2, 0.25) is 5.91 Å². The number of amides is 1. The fourth-order valence-corrected chi connectivity index (χ4v) is 4.65. The van der Waals surface area contributed by atoms with Crippen molar-refractivity contribution in [3.8, 4) is 0 Å². The van der Waals surface area contributed by atoms with Gasteiger partial charge >= 0.3 is 5.97 Å². The van der Waals surface area contributed by atoms with E-state index < -0.39 is 12.0 Å². The molecular weight excluding hydrogens is 320 g/mol. The summed E-state index contributed by atoms with van der Waals surface area (Å²) in [6.07, 6.45) is 15.1. The van der Waals surface area contributed by atoms with Gasteiger partial charge in [-0.15, -0.1) is 0 Å². The number of nitrogens with zero attached hydrogens (tertiary/aromatic N) is 1. The van der Waals surface area contributed by atoms with Crippen LogP contribution in [-0.4, -0.2) is 51.8 Å². The summed E-state index contributed by atoms with van der Waals surface area (Å²) in [5, 5.41) is 12.5. The van der Waals surface area contributed by atoms with E-state index in [1.54, 1.807) is 0 Å². The van der Waals surface area contributed by atoms with E-state index in [0.29, 0.717) is 6.42 Å². The van der Waals surface area contributed by atoms with Crippen LogP contribution in [0.5, 0.6) is 0 Å². The van der Waals surface area contributed by atoms with Crippen molar-refractivity contribution < 1.29 is 19.5 Å². The van der Waals surface area contributed by atoms with Crippen LogP contribution in [0, 0.1) is 0 Å². The Balaban J connectivity index is 0.000000146. The van der Waals surface area contributed by atoms with Gasteiger partial charge in [0.25, 0.3) is 0 Å². The van der Waals surface area contributed by atoms with Crippen molar-refractivity contribution in [1.82, 2.24) is 10.2 Å². The summed E-state index contributed by atoms with van der Waals surface area (Å²) in [4.78, 5) is 33.6. The molecule has 0 bridgehead atoms. The van der Waals surface area contributed by atoms with Gasteiger partial charge in [-0.1, -0.05) is 38.5 Å². The smallest absolute Gasteiger partial charge is 0.334 e. The molecule has 6 heteroatoms. The van der Waals surface area contributed by atoms with Crippen LogP contribution in [0.2, 0.25) is 0 Å². The Morgan fingerprint density at radius 2 is 1.40 bits per heavy atom. The van der Waals surface area contributed by atoms with E-state index >= 15 is 0 Å². The van der Waals surface area contributed by atoms with Crippen LogP contribution >= 0.6 is 0 Å². The molecule has 0 aromatic heterocycles. The van der Waals surface area contributed by atoms with E-state index in [1.807, 2.05) is 0 Å². The van der Waals surface area contributed by atoms with E-state index in [2.05, 4.69) is 5.32 Å². The number of fused-ring (bicyclic) bond motifs is 1. The molecule has 4 aliphatic rings. The number of carboxylic acids is 1. The fraction of sp³-hybridized carbons (Fsp3) is 0.842. The second kappa shape index (κ2) is 8.30. The maximum atomic E-state index is 11.0. The maximum Gasteiger partial charge on any atom is 0.334 e. The minimum atomic E-state index is -1.21. The van der Waals surface area contributed by atoms with Crippen molar-refractivity contribution >= 4 is 17.7 Å². The highest BCUT2D eigenvalue weighted by Crippen LogP contribution is 2.32. The molecule has 0 spiro atoms. The summed E-state index contributed by atoms with van der Waals surface area (Å²) in [6, 6.07) is 0.413. The Bertz CT molecular complexity index is 494. The first-order valence-electron chi connectivity index (χ1n) is 9.89. The van der Waals surface area contributed by atoms with Gasteiger partial charge in [0.05, 0.1) is 0 Å². The number of carbonyl (C=O) groups is 3. The Kier molecular flexibility index (Phi) is 6.10. The SMILES string of the molecule is C1CCC(NC2CCCCC2)CC1.O=C(O)C1C(=O)CC2CC(=O)N21. The number of ketones is 1. The van der Waals surface area contributed by atoms with E-state index in [4.69, 9.17) is 5.11 Å². The minimum Gasteiger partial charge on any atom is -0.479 e. The highest BCUT2D eigenvalue weighted by molar-refractivity contribution is 6.10. The second-order valence-electron chi connectivity index (χ2n) is 7.91. The molecule has 2 saturated heterocycles. The highest BCUT2D eigenvalue weighted by atomic mass is 16.4. The van der Waals surface area contributed by atoms with Gasteiger partial charge in [-0.2, -0.15) is 0 Å². The van der Waals surface area contributed by atoms with E-state index in [-0.39, 0.29) is 24.2 Å². The number of aliphatic carboxylic acids is 1. The van der Waals surface area contributed by atoms with Crippen LogP contribution in [0.4, 0.5) is 0 Å². The molecule has 4 fully saturated rings. The van der Waals surface area contributed by atoms with Crippen LogP contribution in [0.1, 0.15) is 77.0 Å². The molecule has 0 aromatic carbocycles. The van der Waals surface area contributed by atoms with E-state index in [9.17, 15) is 14.4 Å². The average molecular weight is 350 g/mol. The second-order valence-corrected chi connectivity index (χ2v) is 7.91. The average Bonchev–Trinajstić information content (AvgIpc) is 2.88. The molecule has 1 amide bonds. The zero-order valence-electron chi connectivity index (χ0n) is 14.9. The number of hydrogen-bond acceptors (Lipinski definition) is 4. The summed E-state index contributed by atoms with van der Waals surface area (Å²) >= 11 is 0. The molecule has 2 atom stereocenters. The fourth-order valence-electron chi connectivity index (χ4n) is 4.65. The monoisotopic (exact) mass is 350 g/mol. The summed E-state index contributed by atoms with van der Waals surface area (Å²) in [5.41, 5.74) is 0. The zero-order valence-corrected chi connectivity index (χ0v) is 14.9. The van der Waals surface area contributed by atoms with Crippen molar-refractivity contribution in [3.63, 3.8) is 0 Å². The van der Waals surface area contributed by atoms with Gasteiger partial charge in [0, 0.05) is 31.0 Å². The molecule has 2 aliphatic heterocycles. The molecule has 2 saturated carbocycles. The van der Waals surface area contributed by atoms with Crippen LogP contribution < -0.4 is 5.32 Å². The third-order valence-corrected chi connectivity index (χ3v) is 6.03. The van der Waals surface area contributed by atoms with Gasteiger partial charge < -0.3 is 15.3 Å². The first-order valence-corrected chi connectivity index (χ1v) is 9.89. The first kappa shape index (κ1) is 18.4. The van der Waals surface area contributed by atoms with Crippen LogP contribution in [0.3, 0.4) is 0 Å². The molecule has 25 heavy (non-hydrogen) atoms. The van der Waals surface area contributed by atoms with Crippen molar-refractivity contribution in [2.45, 2.75) is 101 Å². The third kappa shape index (κ3) is 4.40. The Labute approximate surface area is 149 Å². The lowest BCUT2D eigenvalue weighted by atomic mass is 9.91.